The van der Waals surface area contributed by atoms with E-state index >= 15 is 0 Å². The molecule has 2 aromatic heterocycles. The van der Waals surface area contributed by atoms with Crippen LogP contribution in [0.4, 0.5) is 19.0 Å². The summed E-state index contributed by atoms with van der Waals surface area (Å²) in [6, 6.07) is 4.05. The molecule has 0 aromatic carbocycles. The second-order valence-electron chi connectivity index (χ2n) is 3.42. The van der Waals surface area contributed by atoms with Crippen molar-refractivity contribution in [3.63, 3.8) is 0 Å². The normalized spacial score (nSPS) is 11.5. The van der Waals surface area contributed by atoms with Gasteiger partial charge in [0, 0.05) is 18.3 Å². The monoisotopic (exact) mass is 242 g/mol. The summed E-state index contributed by atoms with van der Waals surface area (Å²) in [5, 5.41) is 2.89. The smallest absolute Gasteiger partial charge is 0.417 e. The molecule has 0 aliphatic heterocycles. The van der Waals surface area contributed by atoms with Gasteiger partial charge in [-0.1, -0.05) is 0 Å². The van der Waals surface area contributed by atoms with Crippen LogP contribution in [-0.4, -0.2) is 4.98 Å². The summed E-state index contributed by atoms with van der Waals surface area (Å²) in [5.41, 5.74) is 0.137. The van der Waals surface area contributed by atoms with Crippen LogP contribution >= 0.6 is 0 Å². The van der Waals surface area contributed by atoms with E-state index in [1.165, 1.54) is 12.3 Å². The van der Waals surface area contributed by atoms with Gasteiger partial charge in [-0.25, -0.2) is 4.98 Å². The molecule has 2 heterocycles. The summed E-state index contributed by atoms with van der Waals surface area (Å²) in [6.45, 7) is 0.453. The molecule has 2 rings (SSSR count). The van der Waals surface area contributed by atoms with Gasteiger partial charge in [0.2, 0.25) is 0 Å². The zero-order chi connectivity index (χ0) is 12.3. The van der Waals surface area contributed by atoms with E-state index in [2.05, 4.69) is 10.3 Å². The maximum atomic E-state index is 12.3. The third-order valence-electron chi connectivity index (χ3n) is 2.14. The van der Waals surface area contributed by atoms with Gasteiger partial charge in [-0.2, -0.15) is 13.2 Å². The number of hydrogen-bond donors (Lipinski definition) is 1. The van der Waals surface area contributed by atoms with Gasteiger partial charge in [-0.15, -0.1) is 0 Å². The summed E-state index contributed by atoms with van der Waals surface area (Å²) >= 11 is 0. The molecule has 0 bridgehead atoms. The predicted octanol–water partition coefficient (Wildman–Crippen LogP) is 3.31. The molecule has 0 saturated heterocycles. The number of pyridine rings is 1. The molecule has 0 radical (unpaired) electrons. The first kappa shape index (κ1) is 11.5. The van der Waals surface area contributed by atoms with Crippen LogP contribution in [0.2, 0.25) is 0 Å². The fourth-order valence-electron chi connectivity index (χ4n) is 1.25. The van der Waals surface area contributed by atoms with Crippen LogP contribution in [-0.2, 0) is 12.7 Å². The number of rotatable bonds is 3. The van der Waals surface area contributed by atoms with Crippen LogP contribution in [0, 0.1) is 0 Å². The summed E-state index contributed by atoms with van der Waals surface area (Å²) in [6.07, 6.45) is -0.470. The molecule has 1 N–H and O–H groups in total. The Morgan fingerprint density at radius 3 is 2.59 bits per heavy atom. The Labute approximate surface area is 95.3 Å². The summed E-state index contributed by atoms with van der Waals surface area (Å²) in [7, 11) is 0. The maximum Gasteiger partial charge on any atom is 0.417 e. The van der Waals surface area contributed by atoms with E-state index in [-0.39, 0.29) is 0 Å². The lowest BCUT2D eigenvalue weighted by atomic mass is 10.2. The second-order valence-corrected chi connectivity index (χ2v) is 3.42. The number of furan rings is 1. The number of nitrogens with one attached hydrogen (secondary N) is 1. The Balaban J connectivity index is 1.99. The molecule has 6 heteroatoms. The second kappa shape index (κ2) is 4.48. The number of anilines is 1. The van der Waals surface area contributed by atoms with Gasteiger partial charge in [0.1, 0.15) is 5.82 Å². The average molecular weight is 242 g/mol. The average Bonchev–Trinajstić information content (AvgIpc) is 2.78. The molecular formula is C11H9F3N2O. The van der Waals surface area contributed by atoms with Crippen molar-refractivity contribution >= 4 is 5.82 Å². The van der Waals surface area contributed by atoms with Crippen LogP contribution in [0.25, 0.3) is 0 Å². The molecule has 0 amide bonds. The van der Waals surface area contributed by atoms with Gasteiger partial charge in [0.25, 0.3) is 0 Å². The number of aromatic nitrogens is 1. The Bertz CT molecular complexity index is 462. The first-order chi connectivity index (χ1) is 8.05. The highest BCUT2D eigenvalue weighted by Gasteiger charge is 2.30. The molecule has 0 aliphatic carbocycles. The SMILES string of the molecule is FC(F)(F)c1ccc(NCc2ccoc2)nc1. The minimum Gasteiger partial charge on any atom is -0.472 e. The highest BCUT2D eigenvalue weighted by atomic mass is 19.4. The summed E-state index contributed by atoms with van der Waals surface area (Å²) in [5.74, 6) is 0.388. The lowest BCUT2D eigenvalue weighted by Gasteiger charge is -2.07. The first-order valence-electron chi connectivity index (χ1n) is 4.84. The summed E-state index contributed by atoms with van der Waals surface area (Å²) in [4.78, 5) is 3.68. The van der Waals surface area contributed by atoms with E-state index in [0.29, 0.717) is 12.4 Å². The number of halogens is 3. The van der Waals surface area contributed by atoms with Crippen molar-refractivity contribution in [1.82, 2.24) is 4.98 Å². The largest absolute Gasteiger partial charge is 0.472 e. The van der Waals surface area contributed by atoms with E-state index in [9.17, 15) is 13.2 Å². The van der Waals surface area contributed by atoms with Crippen molar-refractivity contribution < 1.29 is 17.6 Å². The molecule has 2 aromatic rings. The predicted molar refractivity (Wildman–Crippen MR) is 55.3 cm³/mol. The van der Waals surface area contributed by atoms with E-state index in [0.717, 1.165) is 17.8 Å². The van der Waals surface area contributed by atoms with Gasteiger partial charge < -0.3 is 9.73 Å². The zero-order valence-electron chi connectivity index (χ0n) is 8.66. The first-order valence-corrected chi connectivity index (χ1v) is 4.84. The van der Waals surface area contributed by atoms with Gasteiger partial charge in [0.05, 0.1) is 18.1 Å². The molecule has 0 fully saturated rings. The van der Waals surface area contributed by atoms with Crippen LogP contribution in [0.1, 0.15) is 11.1 Å². The van der Waals surface area contributed by atoms with Crippen LogP contribution in [0.5, 0.6) is 0 Å². The molecule has 0 aliphatic rings. The van der Waals surface area contributed by atoms with Gasteiger partial charge in [0.15, 0.2) is 0 Å². The van der Waals surface area contributed by atoms with Crippen molar-refractivity contribution in [3.05, 3.63) is 48.0 Å². The minimum absolute atomic E-state index is 0.388. The fourth-order valence-corrected chi connectivity index (χ4v) is 1.25. The third-order valence-corrected chi connectivity index (χ3v) is 2.14. The molecule has 0 saturated carbocycles. The molecule has 3 nitrogen and oxygen atoms in total. The highest BCUT2D eigenvalue weighted by Crippen LogP contribution is 2.28. The molecule has 90 valence electrons. The maximum absolute atomic E-state index is 12.3. The van der Waals surface area contributed by atoms with Gasteiger partial charge >= 0.3 is 6.18 Å². The highest BCUT2D eigenvalue weighted by molar-refractivity contribution is 5.36. The fraction of sp³-hybridized carbons (Fsp3) is 0.182. The Morgan fingerprint density at radius 1 is 1.24 bits per heavy atom. The van der Waals surface area contributed by atoms with Crippen LogP contribution in [0.15, 0.2) is 41.3 Å². The summed E-state index contributed by atoms with van der Waals surface area (Å²) < 4.78 is 41.6. The standard InChI is InChI=1S/C11H9F3N2O/c12-11(13,14)9-1-2-10(16-6-9)15-5-8-3-4-17-7-8/h1-4,6-7H,5H2,(H,15,16). The zero-order valence-corrected chi connectivity index (χ0v) is 8.66. The van der Waals surface area contributed by atoms with E-state index < -0.39 is 11.7 Å². The molecular weight excluding hydrogens is 233 g/mol. The van der Waals surface area contributed by atoms with Crippen molar-refractivity contribution in [3.8, 4) is 0 Å². The Kier molecular flexibility index (Phi) is 3.03. The number of nitrogens with zero attached hydrogens (tertiary/aromatic N) is 1. The molecule has 0 atom stereocenters. The van der Waals surface area contributed by atoms with Crippen molar-refractivity contribution in [2.45, 2.75) is 12.7 Å². The molecule has 0 spiro atoms. The van der Waals surface area contributed by atoms with Crippen molar-refractivity contribution in [1.29, 1.82) is 0 Å². The van der Waals surface area contributed by atoms with Crippen LogP contribution < -0.4 is 5.32 Å². The minimum atomic E-state index is -4.35. The third kappa shape index (κ3) is 2.99. The van der Waals surface area contributed by atoms with Gasteiger partial charge in [-0.05, 0) is 18.2 Å². The Morgan fingerprint density at radius 2 is 2.06 bits per heavy atom. The quantitative estimate of drug-likeness (QED) is 0.897. The lowest BCUT2D eigenvalue weighted by Crippen LogP contribution is -2.06. The number of alkyl halides is 3. The van der Waals surface area contributed by atoms with Crippen molar-refractivity contribution in [2.24, 2.45) is 0 Å². The van der Waals surface area contributed by atoms with Gasteiger partial charge in [-0.3, -0.25) is 0 Å². The van der Waals surface area contributed by atoms with E-state index in [1.807, 2.05) is 0 Å². The molecule has 0 unspecified atom stereocenters. The van der Waals surface area contributed by atoms with Crippen molar-refractivity contribution in [2.75, 3.05) is 5.32 Å². The lowest BCUT2D eigenvalue weighted by molar-refractivity contribution is -0.137. The topological polar surface area (TPSA) is 38.1 Å². The molecule has 17 heavy (non-hydrogen) atoms. The van der Waals surface area contributed by atoms with E-state index in [4.69, 9.17) is 4.42 Å². The van der Waals surface area contributed by atoms with Crippen LogP contribution in [0.3, 0.4) is 0 Å². The van der Waals surface area contributed by atoms with E-state index in [1.54, 1.807) is 12.3 Å². The number of hydrogen-bond acceptors (Lipinski definition) is 3. The Hall–Kier alpha value is -1.98.